The average Bonchev–Trinajstić information content (AvgIpc) is 3.53. The Balaban J connectivity index is 1.05. The summed E-state index contributed by atoms with van der Waals surface area (Å²) >= 11 is 0. The van der Waals surface area contributed by atoms with E-state index in [1.54, 1.807) is 41.3 Å². The molecule has 1 spiro atoms. The van der Waals surface area contributed by atoms with Crippen molar-refractivity contribution < 1.29 is 23.5 Å². The lowest BCUT2D eigenvalue weighted by atomic mass is 9.75. The molecule has 6 aromatic rings. The summed E-state index contributed by atoms with van der Waals surface area (Å²) in [4.78, 5) is 63.8. The molecule has 0 bridgehead atoms. The molecule has 12 heteroatoms. The van der Waals surface area contributed by atoms with E-state index in [1.807, 2.05) is 78.9 Å². The first-order valence-electron chi connectivity index (χ1n) is 21.1. The Kier molecular flexibility index (Phi) is 10.2. The molecule has 0 saturated carbocycles. The van der Waals surface area contributed by atoms with Gasteiger partial charge in [-0.1, -0.05) is 48.5 Å². The molecule has 9 rings (SSSR count). The smallest absolute Gasteiger partial charge is 0.349 e. The highest BCUT2D eigenvalue weighted by Gasteiger charge is 2.57. The maximum absolute atomic E-state index is 14.6. The molecule has 0 aliphatic carbocycles. The highest BCUT2D eigenvalue weighted by Crippen LogP contribution is 2.57. The highest BCUT2D eigenvalue weighted by molar-refractivity contribution is 6.05. The van der Waals surface area contributed by atoms with E-state index in [2.05, 4.69) is 47.8 Å². The Bertz CT molecular complexity index is 2740. The van der Waals surface area contributed by atoms with Crippen molar-refractivity contribution in [2.45, 2.75) is 33.2 Å². The zero-order valence-corrected chi connectivity index (χ0v) is 34.8. The largest absolute Gasteiger partial charge is 0.456 e. The van der Waals surface area contributed by atoms with E-state index in [0.29, 0.717) is 65.3 Å². The van der Waals surface area contributed by atoms with Crippen LogP contribution in [0.15, 0.2) is 124 Å². The number of benzene rings is 5. The number of anilines is 3. The first kappa shape index (κ1) is 39.4. The molecule has 1 N–H and O–H groups in total. The Morgan fingerprint density at radius 3 is 2.00 bits per heavy atom. The van der Waals surface area contributed by atoms with Crippen molar-refractivity contribution in [3.05, 3.63) is 159 Å². The number of nitrogens with one attached hydrogen (secondary N) is 1. The van der Waals surface area contributed by atoms with Crippen LogP contribution in [0.2, 0.25) is 0 Å². The van der Waals surface area contributed by atoms with E-state index in [4.69, 9.17) is 9.15 Å². The number of rotatable bonds is 10. The fourth-order valence-corrected chi connectivity index (χ4v) is 9.21. The summed E-state index contributed by atoms with van der Waals surface area (Å²) in [6, 6.07) is 35.7. The lowest BCUT2D eigenvalue weighted by Gasteiger charge is -2.44. The van der Waals surface area contributed by atoms with E-state index >= 15 is 0 Å². The van der Waals surface area contributed by atoms with Gasteiger partial charge in [-0.3, -0.25) is 19.8 Å². The third-order valence-electron chi connectivity index (χ3n) is 12.4. The van der Waals surface area contributed by atoms with Crippen LogP contribution in [0, 0.1) is 0 Å². The van der Waals surface area contributed by atoms with Crippen molar-refractivity contribution in [3.8, 4) is 11.5 Å². The summed E-state index contributed by atoms with van der Waals surface area (Å²) in [5.74, 6) is 0.0151. The van der Waals surface area contributed by atoms with Gasteiger partial charge in [-0.25, -0.2) is 9.80 Å². The lowest BCUT2D eigenvalue weighted by Crippen LogP contribution is -2.56. The standard InChI is InChI=1S/C49H48N6O6/c1-5-51(6-2)34-19-18-33-28-38(48(59)61-42(33)29-34)46(57)54-26-24-53(25-27-54)36-21-23-41-44(31-36)60-43-30-35(52(7-3)8-4)20-22-40(43)49(41)39-17-13-12-16-37(39)47(58)55(49)50-45(56)32-14-10-9-11-15-32/h9-23,28-31H,5-8,24-27H2,1-4H3,(H,50,56). The third kappa shape index (κ3) is 6.53. The summed E-state index contributed by atoms with van der Waals surface area (Å²) in [5, 5.41) is 2.17. The molecule has 1 saturated heterocycles. The van der Waals surface area contributed by atoms with Gasteiger partial charge in [0.2, 0.25) is 0 Å². The summed E-state index contributed by atoms with van der Waals surface area (Å²) in [6.45, 7) is 13.4. The van der Waals surface area contributed by atoms with Crippen LogP contribution in [0.5, 0.6) is 11.5 Å². The minimum atomic E-state index is -1.26. The Morgan fingerprint density at radius 2 is 1.30 bits per heavy atom. The molecule has 61 heavy (non-hydrogen) atoms. The Morgan fingerprint density at radius 1 is 0.672 bits per heavy atom. The maximum Gasteiger partial charge on any atom is 0.349 e. The van der Waals surface area contributed by atoms with Gasteiger partial charge in [0.1, 0.15) is 28.2 Å². The predicted octanol–water partition coefficient (Wildman–Crippen LogP) is 7.65. The van der Waals surface area contributed by atoms with Gasteiger partial charge in [0, 0.05) is 121 Å². The minimum absolute atomic E-state index is 0.0158. The van der Waals surface area contributed by atoms with Gasteiger partial charge in [0.15, 0.2) is 0 Å². The van der Waals surface area contributed by atoms with Crippen molar-refractivity contribution in [1.29, 1.82) is 0 Å². The van der Waals surface area contributed by atoms with Crippen LogP contribution in [0.4, 0.5) is 17.1 Å². The van der Waals surface area contributed by atoms with Crippen LogP contribution < -0.4 is 30.5 Å². The van der Waals surface area contributed by atoms with Crippen molar-refractivity contribution in [2.24, 2.45) is 0 Å². The van der Waals surface area contributed by atoms with Crippen LogP contribution in [0.25, 0.3) is 11.0 Å². The van der Waals surface area contributed by atoms with E-state index in [1.165, 1.54) is 5.01 Å². The molecular weight excluding hydrogens is 769 g/mol. The number of hydrazine groups is 1. The Labute approximate surface area is 354 Å². The molecule has 1 aromatic heterocycles. The second-order valence-corrected chi connectivity index (χ2v) is 15.5. The van der Waals surface area contributed by atoms with Gasteiger partial charge in [-0.05, 0) is 76.2 Å². The van der Waals surface area contributed by atoms with Gasteiger partial charge in [-0.2, -0.15) is 0 Å². The van der Waals surface area contributed by atoms with Crippen LogP contribution in [0.1, 0.15) is 75.5 Å². The fourth-order valence-electron chi connectivity index (χ4n) is 9.21. The van der Waals surface area contributed by atoms with Crippen molar-refractivity contribution in [1.82, 2.24) is 15.3 Å². The minimum Gasteiger partial charge on any atom is -0.456 e. The van der Waals surface area contributed by atoms with Gasteiger partial charge < -0.3 is 28.8 Å². The first-order valence-corrected chi connectivity index (χ1v) is 21.1. The molecule has 1 unspecified atom stereocenters. The number of amides is 3. The van der Waals surface area contributed by atoms with E-state index < -0.39 is 17.1 Å². The van der Waals surface area contributed by atoms with Gasteiger partial charge in [-0.15, -0.1) is 0 Å². The molecule has 4 heterocycles. The van der Waals surface area contributed by atoms with Gasteiger partial charge in [0.25, 0.3) is 17.7 Å². The first-order chi connectivity index (χ1) is 29.7. The summed E-state index contributed by atoms with van der Waals surface area (Å²) in [6.07, 6.45) is 0. The lowest BCUT2D eigenvalue weighted by molar-refractivity contribution is 0.0447. The molecule has 3 aliphatic heterocycles. The predicted molar refractivity (Wildman–Crippen MR) is 237 cm³/mol. The fraction of sp³-hybridized carbons (Fsp3) is 0.265. The van der Waals surface area contributed by atoms with Crippen LogP contribution in [0.3, 0.4) is 0 Å². The maximum atomic E-state index is 14.6. The van der Waals surface area contributed by atoms with E-state index in [9.17, 15) is 19.2 Å². The average molecular weight is 817 g/mol. The second kappa shape index (κ2) is 15.8. The normalized spacial score (nSPS) is 16.5. The number of fused-ring (bicyclic) bond motifs is 7. The number of nitrogens with zero attached hydrogens (tertiary/aromatic N) is 5. The number of hydrogen-bond donors (Lipinski definition) is 1. The van der Waals surface area contributed by atoms with Crippen LogP contribution in [-0.4, -0.2) is 80.0 Å². The van der Waals surface area contributed by atoms with Crippen LogP contribution >= 0.6 is 0 Å². The Hall–Kier alpha value is -7.08. The topological polar surface area (TPSA) is 119 Å². The summed E-state index contributed by atoms with van der Waals surface area (Å²) in [7, 11) is 0. The number of hydrogen-bond acceptors (Lipinski definition) is 9. The summed E-state index contributed by atoms with van der Waals surface area (Å²) in [5.41, 5.74) is 7.45. The quantitative estimate of drug-likeness (QED) is 0.139. The number of carbonyl (C=O) groups excluding carboxylic acids is 3. The SMILES string of the molecule is CCN(CC)c1ccc2c(c1)Oc1cc(N3CCN(C(=O)c4cc5ccc(N(CC)CC)cc5oc4=O)CC3)ccc1C21c2ccccc2C(=O)N1NC(=O)c1ccccc1. The molecular formula is C49H48N6O6. The van der Waals surface area contributed by atoms with Crippen LogP contribution in [-0.2, 0) is 5.54 Å². The van der Waals surface area contributed by atoms with Gasteiger partial charge >= 0.3 is 5.63 Å². The number of piperazine rings is 1. The molecule has 3 aliphatic rings. The molecule has 5 aromatic carbocycles. The van der Waals surface area contributed by atoms with Crippen molar-refractivity contribution >= 4 is 45.8 Å². The second-order valence-electron chi connectivity index (χ2n) is 15.5. The highest BCUT2D eigenvalue weighted by atomic mass is 16.5. The van der Waals surface area contributed by atoms with Crippen molar-refractivity contribution in [3.63, 3.8) is 0 Å². The van der Waals surface area contributed by atoms with Gasteiger partial charge in [0.05, 0.1) is 0 Å². The third-order valence-corrected chi connectivity index (χ3v) is 12.4. The van der Waals surface area contributed by atoms with Crippen molar-refractivity contribution in [2.75, 3.05) is 67.1 Å². The molecule has 310 valence electrons. The zero-order valence-electron chi connectivity index (χ0n) is 34.8. The number of carbonyl (C=O) groups is 3. The zero-order chi connectivity index (χ0) is 42.4. The summed E-state index contributed by atoms with van der Waals surface area (Å²) < 4.78 is 12.5. The van der Waals surface area contributed by atoms with E-state index in [-0.39, 0.29) is 17.4 Å². The molecule has 12 nitrogen and oxygen atoms in total. The molecule has 0 radical (unpaired) electrons. The molecule has 1 atom stereocenters. The molecule has 3 amide bonds. The number of ether oxygens (including phenoxy) is 1. The molecule has 1 fully saturated rings. The monoisotopic (exact) mass is 816 g/mol. The van der Waals surface area contributed by atoms with E-state index in [0.717, 1.165) is 54.4 Å².